The van der Waals surface area contributed by atoms with Gasteiger partial charge in [-0.2, -0.15) is 0 Å². The fourth-order valence-electron chi connectivity index (χ4n) is 8.32. The fourth-order valence-corrected chi connectivity index (χ4v) is 8.32. The molecule has 2 aliphatic rings. The molecule has 0 amide bonds. The Morgan fingerprint density at radius 2 is 0.917 bits per heavy atom. The van der Waals surface area contributed by atoms with E-state index in [1.165, 1.54) is 66.4 Å². The van der Waals surface area contributed by atoms with Crippen LogP contribution in [0.1, 0.15) is 0 Å². The maximum atomic E-state index is 6.41. The molecule has 0 spiro atoms. The van der Waals surface area contributed by atoms with Gasteiger partial charge in [0.25, 0.3) is 0 Å². The molecule has 0 N–H and O–H groups in total. The lowest BCUT2D eigenvalue weighted by molar-refractivity contribution is 0.669. The number of rotatable bonds is 3. The first-order chi connectivity index (χ1) is 23.8. The number of nitrogens with zero attached hydrogens (tertiary/aromatic N) is 1. The molecule has 0 saturated carbocycles. The highest BCUT2D eigenvalue weighted by Crippen LogP contribution is 2.58. The summed E-state index contributed by atoms with van der Waals surface area (Å²) in [5.41, 5.74) is 18.0. The lowest BCUT2D eigenvalue weighted by atomic mass is 9.83. The highest BCUT2D eigenvalue weighted by atomic mass is 16.3. The zero-order chi connectivity index (χ0) is 31.3. The molecular weight excluding hydrogens is 583 g/mol. The van der Waals surface area contributed by atoms with Crippen LogP contribution in [-0.2, 0) is 0 Å². The van der Waals surface area contributed by atoms with Gasteiger partial charge in [0.05, 0.1) is 11.1 Å². The zero-order valence-electron chi connectivity index (χ0n) is 25.9. The Morgan fingerprint density at radius 1 is 0.354 bits per heavy atom. The lowest BCUT2D eigenvalue weighted by Gasteiger charge is -2.28. The largest absolute Gasteiger partial charge is 0.456 e. The third-order valence-corrected chi connectivity index (χ3v) is 10.3. The first-order valence-electron chi connectivity index (χ1n) is 16.5. The second-order valence-corrected chi connectivity index (χ2v) is 12.8. The quantitative estimate of drug-likeness (QED) is 0.198. The monoisotopic (exact) mass is 609 g/mol. The Bertz CT molecular complexity index is 2780. The number of para-hydroxylation sites is 1. The average Bonchev–Trinajstić information content (AvgIpc) is 3.48. The summed E-state index contributed by atoms with van der Waals surface area (Å²) in [4.78, 5) is 2.42. The van der Waals surface area contributed by atoms with Crippen LogP contribution in [0, 0.1) is 0 Å². The topological polar surface area (TPSA) is 16.4 Å². The van der Waals surface area contributed by atoms with E-state index in [0.717, 1.165) is 39.0 Å². The summed E-state index contributed by atoms with van der Waals surface area (Å²) >= 11 is 0. The van der Waals surface area contributed by atoms with Crippen LogP contribution in [0.4, 0.5) is 17.1 Å². The number of furan rings is 1. The molecule has 2 nitrogen and oxygen atoms in total. The molecule has 1 aromatic heterocycles. The zero-order valence-corrected chi connectivity index (χ0v) is 25.9. The highest BCUT2D eigenvalue weighted by molar-refractivity contribution is 6.16. The maximum absolute atomic E-state index is 6.41. The molecule has 2 heteroatoms. The molecule has 8 aromatic carbocycles. The van der Waals surface area contributed by atoms with Crippen molar-refractivity contribution >= 4 is 49.8 Å². The molecule has 0 radical (unpaired) electrons. The van der Waals surface area contributed by atoms with Crippen molar-refractivity contribution in [3.63, 3.8) is 0 Å². The summed E-state index contributed by atoms with van der Waals surface area (Å²) in [7, 11) is 0. The third kappa shape index (κ3) is 3.46. The van der Waals surface area contributed by atoms with Crippen LogP contribution in [0.25, 0.3) is 88.3 Å². The molecule has 0 fully saturated rings. The van der Waals surface area contributed by atoms with Crippen molar-refractivity contribution in [2.75, 3.05) is 4.90 Å². The van der Waals surface area contributed by atoms with Crippen LogP contribution in [-0.4, -0.2) is 0 Å². The van der Waals surface area contributed by atoms with E-state index in [4.69, 9.17) is 4.42 Å². The molecular formula is C46H27NO. The van der Waals surface area contributed by atoms with E-state index in [1.807, 2.05) is 6.07 Å². The first-order valence-corrected chi connectivity index (χ1v) is 16.5. The Kier molecular flexibility index (Phi) is 5.14. The summed E-state index contributed by atoms with van der Waals surface area (Å²) in [5, 5.41) is 4.66. The van der Waals surface area contributed by atoms with E-state index >= 15 is 0 Å². The molecule has 0 atom stereocenters. The standard InChI is InChI=1S/C46H27NO/c1-2-11-29-26-30(23-22-28(29)10-1)47(41-19-9-21-43-46(41)39-14-5-6-20-42(39)48-43)31-24-25-33-36-16-8-17-37-38-18-7-15-35(45(38)40(33)27-31)32-12-3-4-13-34(32)44(36)37/h1-27H. The Balaban J connectivity index is 1.24. The maximum Gasteiger partial charge on any atom is 0.137 e. The molecule has 0 aliphatic heterocycles. The second-order valence-electron chi connectivity index (χ2n) is 12.8. The van der Waals surface area contributed by atoms with Gasteiger partial charge in [0.2, 0.25) is 0 Å². The minimum Gasteiger partial charge on any atom is -0.456 e. The average molecular weight is 610 g/mol. The SMILES string of the molecule is c1ccc2c(c1)-c1cccc3c1-c1cc(N(c4ccc5ccccc5c4)c4cccc5oc6ccccc6c45)ccc1-c1cccc-3c1-2. The van der Waals surface area contributed by atoms with Crippen molar-refractivity contribution < 1.29 is 4.42 Å². The molecule has 9 aromatic rings. The van der Waals surface area contributed by atoms with E-state index < -0.39 is 0 Å². The van der Waals surface area contributed by atoms with Gasteiger partial charge in [0, 0.05) is 16.8 Å². The van der Waals surface area contributed by atoms with Crippen LogP contribution >= 0.6 is 0 Å². The van der Waals surface area contributed by atoms with Crippen molar-refractivity contribution in [3.8, 4) is 55.6 Å². The third-order valence-electron chi connectivity index (χ3n) is 10.3. The predicted molar refractivity (Wildman–Crippen MR) is 200 cm³/mol. The van der Waals surface area contributed by atoms with Gasteiger partial charge in [-0.1, -0.05) is 121 Å². The van der Waals surface area contributed by atoms with Crippen LogP contribution in [0.2, 0.25) is 0 Å². The molecule has 11 rings (SSSR count). The van der Waals surface area contributed by atoms with E-state index in [0.29, 0.717) is 0 Å². The Labute approximate surface area is 277 Å². The molecule has 0 unspecified atom stereocenters. The van der Waals surface area contributed by atoms with Gasteiger partial charge < -0.3 is 9.32 Å². The minimum atomic E-state index is 0.883. The predicted octanol–water partition coefficient (Wildman–Crippen LogP) is 13.2. The summed E-state index contributed by atoms with van der Waals surface area (Å²) in [6.45, 7) is 0. The lowest BCUT2D eigenvalue weighted by Crippen LogP contribution is -2.11. The van der Waals surface area contributed by atoms with Gasteiger partial charge in [0.15, 0.2) is 0 Å². The normalized spacial score (nSPS) is 12.2. The van der Waals surface area contributed by atoms with Gasteiger partial charge in [-0.3, -0.25) is 0 Å². The van der Waals surface area contributed by atoms with E-state index in [9.17, 15) is 0 Å². The van der Waals surface area contributed by atoms with Gasteiger partial charge >= 0.3 is 0 Å². The second kappa shape index (κ2) is 9.57. The summed E-state index contributed by atoms with van der Waals surface area (Å²) in [6.07, 6.45) is 0. The molecule has 1 heterocycles. The van der Waals surface area contributed by atoms with E-state index in [1.54, 1.807) is 0 Å². The number of hydrogen-bond donors (Lipinski definition) is 0. The van der Waals surface area contributed by atoms with Crippen molar-refractivity contribution in [1.29, 1.82) is 0 Å². The summed E-state index contributed by atoms with van der Waals surface area (Å²) < 4.78 is 6.41. The molecule has 48 heavy (non-hydrogen) atoms. The van der Waals surface area contributed by atoms with Crippen LogP contribution in [0.15, 0.2) is 168 Å². The number of anilines is 3. The number of benzene rings is 8. The van der Waals surface area contributed by atoms with Crippen LogP contribution < -0.4 is 4.90 Å². The Morgan fingerprint density at radius 3 is 1.75 bits per heavy atom. The van der Waals surface area contributed by atoms with Crippen LogP contribution in [0.3, 0.4) is 0 Å². The van der Waals surface area contributed by atoms with E-state index in [-0.39, 0.29) is 0 Å². The van der Waals surface area contributed by atoms with Crippen LogP contribution in [0.5, 0.6) is 0 Å². The highest BCUT2D eigenvalue weighted by Gasteiger charge is 2.31. The van der Waals surface area contributed by atoms with Gasteiger partial charge in [-0.25, -0.2) is 0 Å². The minimum absolute atomic E-state index is 0.883. The fraction of sp³-hybridized carbons (Fsp3) is 0. The first kappa shape index (κ1) is 25.8. The smallest absolute Gasteiger partial charge is 0.137 e. The Hall–Kier alpha value is -6.38. The molecule has 222 valence electrons. The van der Waals surface area contributed by atoms with Gasteiger partial charge in [-0.15, -0.1) is 0 Å². The van der Waals surface area contributed by atoms with E-state index in [2.05, 4.69) is 163 Å². The van der Waals surface area contributed by atoms with Crippen molar-refractivity contribution in [2.24, 2.45) is 0 Å². The van der Waals surface area contributed by atoms with Crippen molar-refractivity contribution in [3.05, 3.63) is 164 Å². The molecule has 0 saturated heterocycles. The number of fused-ring (bicyclic) bond motifs is 8. The number of hydrogen-bond acceptors (Lipinski definition) is 2. The summed E-state index contributed by atoms with van der Waals surface area (Å²) in [6, 6.07) is 59.7. The summed E-state index contributed by atoms with van der Waals surface area (Å²) in [5.74, 6) is 0. The molecule has 2 aliphatic carbocycles. The van der Waals surface area contributed by atoms with Crippen molar-refractivity contribution in [1.82, 2.24) is 0 Å². The van der Waals surface area contributed by atoms with Gasteiger partial charge in [0.1, 0.15) is 11.2 Å². The van der Waals surface area contributed by atoms with Gasteiger partial charge in [-0.05, 0) is 109 Å². The molecule has 6 bridgehead atoms. The van der Waals surface area contributed by atoms with Crippen molar-refractivity contribution in [2.45, 2.75) is 0 Å².